The van der Waals surface area contributed by atoms with Crippen LogP contribution in [0.25, 0.3) is 0 Å². The number of hydrogen-bond donors (Lipinski definition) is 0. The van der Waals surface area contributed by atoms with Crippen molar-refractivity contribution in [1.29, 1.82) is 0 Å². The summed E-state index contributed by atoms with van der Waals surface area (Å²) in [6, 6.07) is 0. The quantitative estimate of drug-likeness (QED) is 0.664. The lowest BCUT2D eigenvalue weighted by Gasteiger charge is -2.09. The van der Waals surface area contributed by atoms with Gasteiger partial charge in [0, 0.05) is 18.9 Å². The van der Waals surface area contributed by atoms with Crippen molar-refractivity contribution in [2.24, 2.45) is 5.92 Å². The van der Waals surface area contributed by atoms with Crippen LogP contribution in [-0.4, -0.2) is 25.2 Å². The molecule has 0 saturated heterocycles. The first kappa shape index (κ1) is 13.5. The van der Waals surface area contributed by atoms with Crippen LogP contribution in [0.1, 0.15) is 38.5 Å². The van der Waals surface area contributed by atoms with Gasteiger partial charge in [-0.25, -0.2) is 0 Å². The van der Waals surface area contributed by atoms with E-state index >= 15 is 0 Å². The van der Waals surface area contributed by atoms with E-state index in [0.29, 0.717) is 12.8 Å². The third-order valence-corrected chi connectivity index (χ3v) is 2.79. The first-order chi connectivity index (χ1) is 7.49. The van der Waals surface area contributed by atoms with Crippen LogP contribution in [0.2, 0.25) is 0 Å². The number of carbonyl (C=O) groups excluding carboxylic acids is 1. The van der Waals surface area contributed by atoms with Gasteiger partial charge in [0.1, 0.15) is 12.4 Å². The van der Waals surface area contributed by atoms with Crippen molar-refractivity contribution < 1.29 is 22.7 Å². The maximum absolute atomic E-state index is 11.7. The highest BCUT2D eigenvalue weighted by Gasteiger charge is 2.27. The number of ketones is 1. The molecular weight excluding hydrogens is 221 g/mol. The van der Waals surface area contributed by atoms with E-state index in [1.807, 2.05) is 0 Å². The smallest absolute Gasteiger partial charge is 0.372 e. The van der Waals surface area contributed by atoms with Crippen LogP contribution in [0, 0.1) is 5.92 Å². The number of halogens is 3. The number of carbonyl (C=O) groups is 1. The molecule has 0 spiro atoms. The highest BCUT2D eigenvalue weighted by Crippen LogP contribution is 2.26. The van der Waals surface area contributed by atoms with Gasteiger partial charge in [0.2, 0.25) is 0 Å². The minimum Gasteiger partial charge on any atom is -0.372 e. The summed E-state index contributed by atoms with van der Waals surface area (Å²) >= 11 is 0. The van der Waals surface area contributed by atoms with E-state index in [-0.39, 0.29) is 18.3 Å². The summed E-state index contributed by atoms with van der Waals surface area (Å²) in [5.41, 5.74) is 0. The van der Waals surface area contributed by atoms with Crippen molar-refractivity contribution in [2.75, 3.05) is 13.2 Å². The molecule has 1 fully saturated rings. The standard InChI is InChI=1S/C11H17F3O2/c12-11(13,14)8-16-7-3-6-10(15)9-4-1-2-5-9/h9H,1-8H2. The lowest BCUT2D eigenvalue weighted by molar-refractivity contribution is -0.174. The molecule has 0 amide bonds. The summed E-state index contributed by atoms with van der Waals surface area (Å²) in [6.45, 7) is -1.21. The van der Waals surface area contributed by atoms with E-state index in [1.54, 1.807) is 0 Å². The Hall–Kier alpha value is -0.580. The molecule has 1 aliphatic rings. The van der Waals surface area contributed by atoms with Crippen LogP contribution >= 0.6 is 0 Å². The molecular formula is C11H17F3O2. The van der Waals surface area contributed by atoms with E-state index in [2.05, 4.69) is 4.74 Å². The summed E-state index contributed by atoms with van der Waals surface area (Å²) in [7, 11) is 0. The molecule has 0 aliphatic heterocycles. The van der Waals surface area contributed by atoms with Crippen LogP contribution < -0.4 is 0 Å². The van der Waals surface area contributed by atoms with E-state index < -0.39 is 12.8 Å². The van der Waals surface area contributed by atoms with Gasteiger partial charge in [-0.15, -0.1) is 0 Å². The second-order valence-corrected chi connectivity index (χ2v) is 4.22. The topological polar surface area (TPSA) is 26.3 Å². The normalized spacial score (nSPS) is 17.9. The van der Waals surface area contributed by atoms with Crippen LogP contribution in [-0.2, 0) is 9.53 Å². The zero-order valence-corrected chi connectivity index (χ0v) is 9.18. The molecule has 0 radical (unpaired) electrons. The lowest BCUT2D eigenvalue weighted by Crippen LogP contribution is -2.18. The molecule has 1 rings (SSSR count). The minimum atomic E-state index is -4.27. The van der Waals surface area contributed by atoms with Crippen LogP contribution in [0.15, 0.2) is 0 Å². The molecule has 0 unspecified atom stereocenters. The fourth-order valence-electron chi connectivity index (χ4n) is 1.99. The van der Waals surface area contributed by atoms with Gasteiger partial charge < -0.3 is 4.74 Å². The van der Waals surface area contributed by atoms with Crippen molar-refractivity contribution in [3.05, 3.63) is 0 Å². The Morgan fingerprint density at radius 2 is 1.88 bits per heavy atom. The molecule has 0 aromatic heterocycles. The first-order valence-corrected chi connectivity index (χ1v) is 5.66. The summed E-state index contributed by atoms with van der Waals surface area (Å²) < 4.78 is 39.5. The number of alkyl halides is 3. The Balaban J connectivity index is 2.00. The van der Waals surface area contributed by atoms with Crippen molar-refractivity contribution in [3.63, 3.8) is 0 Å². The molecule has 0 heterocycles. The maximum atomic E-state index is 11.7. The number of hydrogen-bond acceptors (Lipinski definition) is 2. The Morgan fingerprint density at radius 3 is 2.44 bits per heavy atom. The van der Waals surface area contributed by atoms with Gasteiger partial charge >= 0.3 is 6.18 Å². The van der Waals surface area contributed by atoms with Crippen molar-refractivity contribution in [3.8, 4) is 0 Å². The van der Waals surface area contributed by atoms with Gasteiger partial charge in [0.15, 0.2) is 0 Å². The van der Waals surface area contributed by atoms with Crippen LogP contribution in [0.5, 0.6) is 0 Å². The Morgan fingerprint density at radius 1 is 1.25 bits per heavy atom. The molecule has 2 nitrogen and oxygen atoms in total. The number of ether oxygens (including phenoxy) is 1. The average Bonchev–Trinajstić information content (AvgIpc) is 2.67. The van der Waals surface area contributed by atoms with E-state index in [4.69, 9.17) is 0 Å². The Kier molecular flexibility index (Phi) is 5.25. The van der Waals surface area contributed by atoms with Gasteiger partial charge in [-0.3, -0.25) is 4.79 Å². The zero-order valence-electron chi connectivity index (χ0n) is 9.18. The SMILES string of the molecule is O=C(CCCOCC(F)(F)F)C1CCCC1. The summed E-state index contributed by atoms with van der Waals surface area (Å²) in [5.74, 6) is 0.343. The molecule has 1 saturated carbocycles. The molecule has 0 N–H and O–H groups in total. The van der Waals surface area contributed by atoms with Gasteiger partial charge in [0.25, 0.3) is 0 Å². The third kappa shape index (κ3) is 5.49. The molecule has 1 aliphatic carbocycles. The van der Waals surface area contributed by atoms with E-state index in [0.717, 1.165) is 25.7 Å². The van der Waals surface area contributed by atoms with Gasteiger partial charge in [0.05, 0.1) is 0 Å². The fourth-order valence-corrected chi connectivity index (χ4v) is 1.99. The van der Waals surface area contributed by atoms with Crippen LogP contribution in [0.4, 0.5) is 13.2 Å². The summed E-state index contributed by atoms with van der Waals surface area (Å²) in [5, 5.41) is 0. The largest absolute Gasteiger partial charge is 0.411 e. The van der Waals surface area contributed by atoms with Gasteiger partial charge in [-0.1, -0.05) is 12.8 Å². The highest BCUT2D eigenvalue weighted by atomic mass is 19.4. The van der Waals surface area contributed by atoms with Crippen molar-refractivity contribution >= 4 is 5.78 Å². The molecule has 94 valence electrons. The predicted molar refractivity (Wildman–Crippen MR) is 53.1 cm³/mol. The van der Waals surface area contributed by atoms with E-state index in [9.17, 15) is 18.0 Å². The molecule has 0 atom stereocenters. The molecule has 0 bridgehead atoms. The monoisotopic (exact) mass is 238 g/mol. The molecule has 0 aromatic carbocycles. The first-order valence-electron chi connectivity index (χ1n) is 5.66. The van der Waals surface area contributed by atoms with E-state index in [1.165, 1.54) is 0 Å². The second kappa shape index (κ2) is 6.23. The summed E-state index contributed by atoms with van der Waals surface area (Å²) in [4.78, 5) is 11.5. The molecule has 0 aromatic rings. The Labute approximate surface area is 93.2 Å². The zero-order chi connectivity index (χ0) is 12.0. The highest BCUT2D eigenvalue weighted by molar-refractivity contribution is 5.81. The Bertz CT molecular complexity index is 220. The number of Topliss-reactive ketones (excluding diaryl/α,β-unsaturated/α-hetero) is 1. The van der Waals surface area contributed by atoms with Gasteiger partial charge in [-0.05, 0) is 19.3 Å². The van der Waals surface area contributed by atoms with Crippen molar-refractivity contribution in [1.82, 2.24) is 0 Å². The summed E-state index contributed by atoms with van der Waals surface area (Å²) in [6.07, 6.45) is 0.565. The fraction of sp³-hybridized carbons (Fsp3) is 0.909. The third-order valence-electron chi connectivity index (χ3n) is 2.79. The predicted octanol–water partition coefficient (Wildman–Crippen LogP) is 3.10. The van der Waals surface area contributed by atoms with Gasteiger partial charge in [-0.2, -0.15) is 13.2 Å². The average molecular weight is 238 g/mol. The second-order valence-electron chi connectivity index (χ2n) is 4.22. The number of rotatable bonds is 6. The van der Waals surface area contributed by atoms with Crippen LogP contribution in [0.3, 0.4) is 0 Å². The lowest BCUT2D eigenvalue weighted by atomic mass is 9.99. The van der Waals surface area contributed by atoms with Crippen molar-refractivity contribution in [2.45, 2.75) is 44.7 Å². The maximum Gasteiger partial charge on any atom is 0.411 e. The molecule has 16 heavy (non-hydrogen) atoms. The minimum absolute atomic E-state index is 0.0119. The molecule has 5 heteroatoms.